The molecule has 0 bridgehead atoms. The molecule has 0 amide bonds. The fourth-order valence-electron chi connectivity index (χ4n) is 1.32. The summed E-state index contributed by atoms with van der Waals surface area (Å²) in [5.41, 5.74) is 5.28. The van der Waals surface area contributed by atoms with Crippen molar-refractivity contribution >= 4 is 28.3 Å². The summed E-state index contributed by atoms with van der Waals surface area (Å²) in [6.07, 6.45) is -0.606. The molecule has 0 heterocycles. The number of hydrogen-bond acceptors (Lipinski definition) is 2. The van der Waals surface area contributed by atoms with Gasteiger partial charge in [-0.3, -0.25) is 0 Å². The molecule has 0 spiro atoms. The van der Waals surface area contributed by atoms with Gasteiger partial charge in [0, 0.05) is 10.0 Å². The largest absolute Gasteiger partial charge is 0.391 e. The fraction of sp³-hybridized carbons (Fsp3) is 0.400. The molecule has 0 aliphatic rings. The number of benzene rings is 1. The maximum absolute atomic E-state index is 13.4. The van der Waals surface area contributed by atoms with Crippen molar-refractivity contribution in [2.45, 2.75) is 25.5 Å². The second kappa shape index (κ2) is 6.49. The number of nitrogens with two attached hydrogens (primary N) is 1. The van der Waals surface area contributed by atoms with E-state index in [0.717, 1.165) is 12.1 Å². The summed E-state index contributed by atoms with van der Waals surface area (Å²) < 4.78 is 27.1. The van der Waals surface area contributed by atoms with Gasteiger partial charge in [0.05, 0.1) is 12.1 Å². The summed E-state index contributed by atoms with van der Waals surface area (Å²) in [6, 6.07) is 1.21. The number of rotatable bonds is 3. The van der Waals surface area contributed by atoms with E-state index in [1.165, 1.54) is 0 Å². The van der Waals surface area contributed by atoms with Crippen LogP contribution in [0.3, 0.4) is 0 Å². The lowest BCUT2D eigenvalue weighted by Crippen LogP contribution is -2.27. The highest BCUT2D eigenvalue weighted by molar-refractivity contribution is 9.10. The highest BCUT2D eigenvalue weighted by atomic mass is 79.9. The summed E-state index contributed by atoms with van der Waals surface area (Å²) in [7, 11) is 0. The summed E-state index contributed by atoms with van der Waals surface area (Å²) in [5, 5.41) is 9.43. The van der Waals surface area contributed by atoms with Crippen LogP contribution in [0.5, 0.6) is 0 Å². The Morgan fingerprint density at radius 1 is 1.38 bits per heavy atom. The molecule has 16 heavy (non-hydrogen) atoms. The lowest BCUT2D eigenvalue weighted by molar-refractivity contribution is 0.137. The highest BCUT2D eigenvalue weighted by Crippen LogP contribution is 2.26. The molecule has 0 saturated carbocycles. The smallest absolute Gasteiger partial charge is 0.132 e. The van der Waals surface area contributed by atoms with Gasteiger partial charge in [0.25, 0.3) is 0 Å². The van der Waals surface area contributed by atoms with Crippen molar-refractivity contribution in [2.24, 2.45) is 5.73 Å². The van der Waals surface area contributed by atoms with Crippen LogP contribution in [0.15, 0.2) is 16.6 Å². The minimum atomic E-state index is -1.04. The molecule has 92 valence electrons. The van der Waals surface area contributed by atoms with Crippen molar-refractivity contribution in [3.63, 3.8) is 0 Å². The van der Waals surface area contributed by atoms with E-state index >= 15 is 0 Å². The molecule has 0 radical (unpaired) electrons. The maximum Gasteiger partial charge on any atom is 0.132 e. The topological polar surface area (TPSA) is 46.2 Å². The number of hydrogen-bond donors (Lipinski definition) is 2. The number of halogens is 4. The Labute approximate surface area is 107 Å². The molecule has 0 aliphatic carbocycles. The van der Waals surface area contributed by atoms with Gasteiger partial charge in [0.15, 0.2) is 0 Å². The van der Waals surface area contributed by atoms with Crippen molar-refractivity contribution in [3.8, 4) is 0 Å². The van der Waals surface area contributed by atoms with Crippen LogP contribution in [-0.4, -0.2) is 11.2 Å². The Kier molecular flexibility index (Phi) is 6.40. The van der Waals surface area contributed by atoms with E-state index in [2.05, 4.69) is 15.9 Å². The van der Waals surface area contributed by atoms with E-state index in [9.17, 15) is 13.9 Å². The Balaban J connectivity index is 0.00000225. The molecular formula is C10H13BrClF2NO. The summed E-state index contributed by atoms with van der Waals surface area (Å²) >= 11 is 2.97. The van der Waals surface area contributed by atoms with Gasteiger partial charge in [0.1, 0.15) is 11.6 Å². The third-order valence-corrected chi connectivity index (χ3v) is 2.67. The van der Waals surface area contributed by atoms with E-state index in [0.29, 0.717) is 10.9 Å². The molecule has 3 N–H and O–H groups in total. The Hall–Kier alpha value is -0.230. The zero-order chi connectivity index (χ0) is 11.6. The van der Waals surface area contributed by atoms with Crippen LogP contribution in [0, 0.1) is 11.6 Å². The highest BCUT2D eigenvalue weighted by Gasteiger charge is 2.22. The summed E-state index contributed by atoms with van der Waals surface area (Å²) in [4.78, 5) is 0. The van der Waals surface area contributed by atoms with E-state index in [1.54, 1.807) is 6.92 Å². The zero-order valence-corrected chi connectivity index (χ0v) is 11.0. The normalized spacial score (nSPS) is 14.1. The molecule has 2 atom stereocenters. The average Bonchev–Trinajstić information content (AvgIpc) is 2.14. The first-order valence-electron chi connectivity index (χ1n) is 4.55. The van der Waals surface area contributed by atoms with E-state index < -0.39 is 23.8 Å². The van der Waals surface area contributed by atoms with E-state index in [1.807, 2.05) is 0 Å². The first-order chi connectivity index (χ1) is 6.97. The minimum absolute atomic E-state index is 0. The first kappa shape index (κ1) is 15.8. The van der Waals surface area contributed by atoms with Gasteiger partial charge in [-0.15, -0.1) is 12.4 Å². The van der Waals surface area contributed by atoms with Crippen molar-refractivity contribution in [2.75, 3.05) is 0 Å². The summed E-state index contributed by atoms with van der Waals surface area (Å²) in [6.45, 7) is 1.69. The fourth-order valence-corrected chi connectivity index (χ4v) is 1.72. The second-order valence-corrected chi connectivity index (χ2v) is 4.20. The zero-order valence-electron chi connectivity index (χ0n) is 8.58. The van der Waals surface area contributed by atoms with Gasteiger partial charge in [-0.1, -0.05) is 22.9 Å². The molecular weight excluding hydrogens is 303 g/mol. The van der Waals surface area contributed by atoms with Crippen molar-refractivity contribution in [1.82, 2.24) is 0 Å². The second-order valence-electron chi connectivity index (χ2n) is 3.28. The Morgan fingerprint density at radius 2 is 1.81 bits per heavy atom. The van der Waals surface area contributed by atoms with Crippen LogP contribution < -0.4 is 5.73 Å². The van der Waals surface area contributed by atoms with E-state index in [-0.39, 0.29) is 18.0 Å². The van der Waals surface area contributed by atoms with Crippen LogP contribution in [0.4, 0.5) is 8.78 Å². The van der Waals surface area contributed by atoms with Crippen LogP contribution in [-0.2, 0) is 0 Å². The predicted molar refractivity (Wildman–Crippen MR) is 64.5 cm³/mol. The van der Waals surface area contributed by atoms with Crippen molar-refractivity contribution in [1.29, 1.82) is 0 Å². The van der Waals surface area contributed by atoms with Crippen LogP contribution in [0.25, 0.3) is 0 Å². The summed E-state index contributed by atoms with van der Waals surface area (Å²) in [5.74, 6) is -1.50. The lowest BCUT2D eigenvalue weighted by Gasteiger charge is -2.18. The van der Waals surface area contributed by atoms with Gasteiger partial charge in [0.2, 0.25) is 0 Å². The quantitative estimate of drug-likeness (QED) is 0.900. The van der Waals surface area contributed by atoms with Gasteiger partial charge >= 0.3 is 0 Å². The predicted octanol–water partition coefficient (Wildman–Crippen LogP) is 2.92. The van der Waals surface area contributed by atoms with Crippen molar-refractivity contribution < 1.29 is 13.9 Å². The Morgan fingerprint density at radius 3 is 2.19 bits per heavy atom. The van der Waals surface area contributed by atoms with Crippen LogP contribution in [0.2, 0.25) is 0 Å². The van der Waals surface area contributed by atoms with Gasteiger partial charge in [-0.2, -0.15) is 0 Å². The molecule has 0 saturated heterocycles. The number of aliphatic hydroxyl groups is 1. The van der Waals surface area contributed by atoms with E-state index in [4.69, 9.17) is 5.73 Å². The molecule has 0 unspecified atom stereocenters. The van der Waals surface area contributed by atoms with Crippen LogP contribution in [0.1, 0.15) is 24.9 Å². The molecule has 0 aliphatic heterocycles. The molecule has 1 rings (SSSR count). The molecule has 1 aromatic carbocycles. The third-order valence-electron chi connectivity index (χ3n) is 2.21. The van der Waals surface area contributed by atoms with Gasteiger partial charge < -0.3 is 10.8 Å². The maximum atomic E-state index is 13.4. The molecule has 0 fully saturated rings. The SMILES string of the molecule is CC[C@H](O)[C@H](N)c1c(F)cc(Br)cc1F.Cl. The standard InChI is InChI=1S/C10H12BrF2NO.ClH/c1-2-8(15)10(14)9-6(12)3-5(11)4-7(9)13;/h3-4,8,10,15H,2,14H2,1H3;1H/t8-,10-;/m0./s1. The minimum Gasteiger partial charge on any atom is -0.391 e. The molecule has 0 aromatic heterocycles. The third kappa shape index (κ3) is 3.38. The lowest BCUT2D eigenvalue weighted by atomic mass is 9.99. The monoisotopic (exact) mass is 315 g/mol. The van der Waals surface area contributed by atoms with Crippen molar-refractivity contribution in [3.05, 3.63) is 33.8 Å². The average molecular weight is 317 g/mol. The van der Waals surface area contributed by atoms with Gasteiger partial charge in [-0.25, -0.2) is 8.78 Å². The molecule has 2 nitrogen and oxygen atoms in total. The molecule has 6 heteroatoms. The van der Waals surface area contributed by atoms with Crippen LogP contribution >= 0.6 is 28.3 Å². The number of aliphatic hydroxyl groups excluding tert-OH is 1. The van der Waals surface area contributed by atoms with Gasteiger partial charge in [-0.05, 0) is 18.6 Å². The molecule has 1 aromatic rings. The Bertz CT molecular complexity index is 342. The first-order valence-corrected chi connectivity index (χ1v) is 5.34.